The van der Waals surface area contributed by atoms with Crippen molar-refractivity contribution in [2.75, 3.05) is 39.4 Å². The van der Waals surface area contributed by atoms with Crippen molar-refractivity contribution in [2.45, 2.75) is 45.2 Å². The molecule has 2 fully saturated rings. The maximum absolute atomic E-state index is 12.6. The maximum atomic E-state index is 12.6. The highest BCUT2D eigenvalue weighted by molar-refractivity contribution is 5.86. The number of amides is 1. The molecule has 1 amide bonds. The van der Waals surface area contributed by atoms with Crippen molar-refractivity contribution in [3.05, 3.63) is 0 Å². The molecule has 0 aromatic heterocycles. The van der Waals surface area contributed by atoms with Gasteiger partial charge in [0.2, 0.25) is 5.91 Å². The van der Waals surface area contributed by atoms with Gasteiger partial charge in [0.15, 0.2) is 0 Å². The average molecular weight is 283 g/mol. The summed E-state index contributed by atoms with van der Waals surface area (Å²) in [4.78, 5) is 17.0. The van der Waals surface area contributed by atoms with Gasteiger partial charge < -0.3 is 15.4 Å². The van der Waals surface area contributed by atoms with Gasteiger partial charge in [-0.25, -0.2) is 0 Å². The number of nitrogens with two attached hydrogens (primary N) is 1. The van der Waals surface area contributed by atoms with Gasteiger partial charge in [0.1, 0.15) is 0 Å². The summed E-state index contributed by atoms with van der Waals surface area (Å²) in [6, 6.07) is 0.459. The van der Waals surface area contributed by atoms with Gasteiger partial charge in [-0.3, -0.25) is 9.69 Å². The van der Waals surface area contributed by atoms with Crippen molar-refractivity contribution < 1.29 is 9.53 Å². The van der Waals surface area contributed by atoms with Gasteiger partial charge in [-0.2, -0.15) is 0 Å². The number of likely N-dealkylation sites (tertiary alicyclic amines) is 1. The Kier molecular flexibility index (Phi) is 5.04. The Morgan fingerprint density at radius 1 is 1.35 bits per heavy atom. The van der Waals surface area contributed by atoms with Crippen LogP contribution in [0.5, 0.6) is 0 Å². The predicted octanol–water partition coefficient (Wildman–Crippen LogP) is 0.683. The average Bonchev–Trinajstić information content (AvgIpc) is 2.81. The molecule has 0 saturated carbocycles. The van der Waals surface area contributed by atoms with Crippen molar-refractivity contribution in [1.29, 1.82) is 0 Å². The molecular formula is C15H29N3O2. The monoisotopic (exact) mass is 283 g/mol. The second-order valence-electron chi connectivity index (χ2n) is 6.57. The molecule has 2 rings (SSSR count). The Morgan fingerprint density at radius 2 is 2.00 bits per heavy atom. The Bertz CT molecular complexity index is 340. The van der Waals surface area contributed by atoms with E-state index in [1.165, 1.54) is 0 Å². The molecule has 0 aliphatic carbocycles. The SMILES string of the molecule is CCCC(C)(N)C(=O)N1CC(C)C(N2CCOCC2)C1. The molecule has 0 radical (unpaired) electrons. The summed E-state index contributed by atoms with van der Waals surface area (Å²) in [6.07, 6.45) is 1.69. The van der Waals surface area contributed by atoms with Crippen LogP contribution in [-0.2, 0) is 9.53 Å². The fourth-order valence-corrected chi connectivity index (χ4v) is 3.49. The third-order valence-electron chi connectivity index (χ3n) is 4.63. The summed E-state index contributed by atoms with van der Waals surface area (Å²) in [7, 11) is 0. The van der Waals surface area contributed by atoms with E-state index in [0.717, 1.165) is 52.2 Å². The minimum absolute atomic E-state index is 0.113. The number of rotatable bonds is 4. The van der Waals surface area contributed by atoms with E-state index in [1.54, 1.807) is 0 Å². The van der Waals surface area contributed by atoms with Crippen molar-refractivity contribution in [3.63, 3.8) is 0 Å². The lowest BCUT2D eigenvalue weighted by Gasteiger charge is -2.34. The molecule has 5 heteroatoms. The van der Waals surface area contributed by atoms with Crippen LogP contribution in [0.15, 0.2) is 0 Å². The van der Waals surface area contributed by atoms with Crippen molar-refractivity contribution in [2.24, 2.45) is 11.7 Å². The molecule has 2 aliphatic heterocycles. The number of nitrogens with zero attached hydrogens (tertiary/aromatic N) is 2. The minimum Gasteiger partial charge on any atom is -0.379 e. The Labute approximate surface area is 122 Å². The van der Waals surface area contributed by atoms with Crippen LogP contribution in [0.2, 0.25) is 0 Å². The molecule has 0 spiro atoms. The molecule has 2 N–H and O–H groups in total. The topological polar surface area (TPSA) is 58.8 Å². The fourth-order valence-electron chi connectivity index (χ4n) is 3.49. The van der Waals surface area contributed by atoms with Gasteiger partial charge in [-0.1, -0.05) is 20.3 Å². The molecule has 2 heterocycles. The van der Waals surface area contributed by atoms with Crippen LogP contribution in [0.3, 0.4) is 0 Å². The summed E-state index contributed by atoms with van der Waals surface area (Å²) in [6.45, 7) is 11.4. The number of hydrogen-bond donors (Lipinski definition) is 1. The van der Waals surface area contributed by atoms with Gasteiger partial charge >= 0.3 is 0 Å². The van der Waals surface area contributed by atoms with Crippen LogP contribution in [0.1, 0.15) is 33.6 Å². The van der Waals surface area contributed by atoms with Crippen LogP contribution >= 0.6 is 0 Å². The smallest absolute Gasteiger partial charge is 0.242 e. The highest BCUT2D eigenvalue weighted by Gasteiger charge is 2.40. The summed E-state index contributed by atoms with van der Waals surface area (Å²) in [5, 5.41) is 0. The van der Waals surface area contributed by atoms with E-state index in [1.807, 2.05) is 11.8 Å². The first kappa shape index (κ1) is 15.7. The van der Waals surface area contributed by atoms with E-state index in [2.05, 4.69) is 18.7 Å². The summed E-state index contributed by atoms with van der Waals surface area (Å²) < 4.78 is 5.41. The van der Waals surface area contributed by atoms with E-state index < -0.39 is 5.54 Å². The highest BCUT2D eigenvalue weighted by Crippen LogP contribution is 2.25. The second kappa shape index (κ2) is 6.41. The standard InChI is InChI=1S/C15H29N3O2/c1-4-5-15(3,16)14(19)18-10-12(2)13(11-18)17-6-8-20-9-7-17/h12-13H,4-11,16H2,1-3H3. The molecule has 3 atom stereocenters. The molecule has 2 saturated heterocycles. The lowest BCUT2D eigenvalue weighted by atomic mass is 9.96. The zero-order valence-corrected chi connectivity index (χ0v) is 13.1. The first-order valence-corrected chi connectivity index (χ1v) is 7.85. The van der Waals surface area contributed by atoms with Gasteiger partial charge in [-0.05, 0) is 19.3 Å². The van der Waals surface area contributed by atoms with Gasteiger partial charge in [0.25, 0.3) is 0 Å². The van der Waals surface area contributed by atoms with E-state index in [9.17, 15) is 4.79 Å². The highest BCUT2D eigenvalue weighted by atomic mass is 16.5. The van der Waals surface area contributed by atoms with Crippen molar-refractivity contribution >= 4 is 5.91 Å². The number of ether oxygens (including phenoxy) is 1. The summed E-state index contributed by atoms with van der Waals surface area (Å²) >= 11 is 0. The largest absolute Gasteiger partial charge is 0.379 e. The molecule has 0 aromatic rings. The van der Waals surface area contributed by atoms with E-state index in [4.69, 9.17) is 10.5 Å². The van der Waals surface area contributed by atoms with E-state index in [-0.39, 0.29) is 5.91 Å². The molecule has 20 heavy (non-hydrogen) atoms. The number of carbonyl (C=O) groups is 1. The first-order valence-electron chi connectivity index (χ1n) is 7.85. The van der Waals surface area contributed by atoms with E-state index in [0.29, 0.717) is 12.0 Å². The molecule has 0 aromatic carbocycles. The fraction of sp³-hybridized carbons (Fsp3) is 0.933. The Balaban J connectivity index is 1.97. The zero-order valence-electron chi connectivity index (χ0n) is 13.1. The summed E-state index contributed by atoms with van der Waals surface area (Å²) in [5.41, 5.74) is 5.48. The lowest BCUT2D eigenvalue weighted by molar-refractivity contribution is -0.135. The Hall–Kier alpha value is -0.650. The zero-order chi connectivity index (χ0) is 14.8. The third kappa shape index (κ3) is 3.32. The molecule has 116 valence electrons. The number of hydrogen-bond acceptors (Lipinski definition) is 4. The van der Waals surface area contributed by atoms with Crippen LogP contribution < -0.4 is 5.73 Å². The Morgan fingerprint density at radius 3 is 2.60 bits per heavy atom. The molecule has 3 unspecified atom stereocenters. The third-order valence-corrected chi connectivity index (χ3v) is 4.63. The van der Waals surface area contributed by atoms with Crippen LogP contribution in [0.4, 0.5) is 0 Å². The molecule has 5 nitrogen and oxygen atoms in total. The van der Waals surface area contributed by atoms with Crippen molar-refractivity contribution in [3.8, 4) is 0 Å². The van der Waals surface area contributed by atoms with Crippen LogP contribution in [-0.4, -0.2) is 66.7 Å². The number of morpholine rings is 1. The van der Waals surface area contributed by atoms with Crippen LogP contribution in [0.25, 0.3) is 0 Å². The number of carbonyl (C=O) groups excluding carboxylic acids is 1. The van der Waals surface area contributed by atoms with Crippen molar-refractivity contribution in [1.82, 2.24) is 9.80 Å². The quantitative estimate of drug-likeness (QED) is 0.824. The minimum atomic E-state index is -0.714. The maximum Gasteiger partial charge on any atom is 0.242 e. The molecular weight excluding hydrogens is 254 g/mol. The second-order valence-corrected chi connectivity index (χ2v) is 6.57. The van der Waals surface area contributed by atoms with Gasteiger partial charge in [-0.15, -0.1) is 0 Å². The molecule has 2 aliphatic rings. The predicted molar refractivity (Wildman–Crippen MR) is 79.4 cm³/mol. The van der Waals surface area contributed by atoms with Gasteiger partial charge in [0.05, 0.1) is 18.8 Å². The normalized spacial score (nSPS) is 31.3. The first-order chi connectivity index (χ1) is 9.45. The van der Waals surface area contributed by atoms with Gasteiger partial charge in [0, 0.05) is 32.2 Å². The molecule has 0 bridgehead atoms. The van der Waals surface area contributed by atoms with E-state index >= 15 is 0 Å². The van der Waals surface area contributed by atoms with Crippen LogP contribution in [0, 0.1) is 5.92 Å². The summed E-state index contributed by atoms with van der Waals surface area (Å²) in [5.74, 6) is 0.622. The lowest BCUT2D eigenvalue weighted by Crippen LogP contribution is -2.53.